The van der Waals surface area contributed by atoms with Gasteiger partial charge in [0.05, 0.1) is 29.6 Å². The van der Waals surface area contributed by atoms with Gasteiger partial charge in [-0.3, -0.25) is 9.78 Å². The Hall–Kier alpha value is -1.96. The molecule has 5 N–H and O–H groups in total. The largest absolute Gasteiger partial charge is 0.391 e. The molecule has 0 unspecified atom stereocenters. The molecular formula is C18H27N5O2. The number of likely N-dealkylation sites (tertiary alicyclic amines) is 1. The third-order valence-electron chi connectivity index (χ3n) is 4.94. The van der Waals surface area contributed by atoms with E-state index in [0.29, 0.717) is 32.5 Å². The van der Waals surface area contributed by atoms with Crippen molar-refractivity contribution in [3.05, 3.63) is 36.4 Å². The number of β-amino-alcohol motifs (C(OH)–C–C–N with tert-alkyl or cyclic N) is 1. The molecule has 25 heavy (non-hydrogen) atoms. The minimum atomic E-state index is -0.539. The molecular weight excluding hydrogens is 318 g/mol. The molecule has 0 spiro atoms. The van der Waals surface area contributed by atoms with E-state index in [1.807, 2.05) is 35.1 Å². The van der Waals surface area contributed by atoms with E-state index in [1.54, 1.807) is 4.90 Å². The van der Waals surface area contributed by atoms with Crippen molar-refractivity contribution in [3.8, 4) is 0 Å². The quantitative estimate of drug-likeness (QED) is 0.619. The molecule has 0 aromatic carbocycles. The molecule has 3 atom stereocenters. The second kappa shape index (κ2) is 7.95. The van der Waals surface area contributed by atoms with Crippen LogP contribution < -0.4 is 11.5 Å². The lowest BCUT2D eigenvalue weighted by Crippen LogP contribution is -2.43. The second-order valence-electron chi connectivity index (χ2n) is 6.88. The summed E-state index contributed by atoms with van der Waals surface area (Å²) in [5.41, 5.74) is 13.4. The molecule has 1 fully saturated rings. The van der Waals surface area contributed by atoms with Crippen molar-refractivity contribution >= 4 is 11.4 Å². The zero-order chi connectivity index (χ0) is 17.8. The molecule has 7 nitrogen and oxygen atoms in total. The van der Waals surface area contributed by atoms with Crippen molar-refractivity contribution < 1.29 is 9.90 Å². The van der Waals surface area contributed by atoms with Gasteiger partial charge in [-0.2, -0.15) is 0 Å². The topological polar surface area (TPSA) is 110 Å². The van der Waals surface area contributed by atoms with E-state index < -0.39 is 12.1 Å². The standard InChI is InChI=1S/C18H27N5O2/c19-6-2-1-5-16(20)18(25)23-10-13(17(24)12-23)8-14-11-22-7-3-4-15(22)9-21-14/h3-4,7,9,11,13,16-17,24H,1-2,5-6,8,10,12,19-20H2/t13-,16-,17+/m0/s1. The lowest BCUT2D eigenvalue weighted by Gasteiger charge is -2.20. The van der Waals surface area contributed by atoms with Crippen LogP contribution in [-0.2, 0) is 11.2 Å². The Morgan fingerprint density at radius 2 is 2.24 bits per heavy atom. The number of nitrogens with two attached hydrogens (primary N) is 2. The average Bonchev–Trinajstić information content (AvgIpc) is 3.21. The molecule has 2 aromatic rings. The van der Waals surface area contributed by atoms with Crippen molar-refractivity contribution in [1.82, 2.24) is 14.3 Å². The van der Waals surface area contributed by atoms with Crippen LogP contribution in [-0.4, -0.2) is 57.1 Å². The van der Waals surface area contributed by atoms with Gasteiger partial charge in [0, 0.05) is 31.4 Å². The number of rotatable bonds is 7. The first-order valence-electron chi connectivity index (χ1n) is 8.92. The monoisotopic (exact) mass is 345 g/mol. The SMILES string of the molecule is NCCCC[C@H](N)C(=O)N1C[C@H](Cc2cn3cccc3cn2)[C@H](O)C1. The van der Waals surface area contributed by atoms with Crippen LogP contribution in [0.5, 0.6) is 0 Å². The Kier molecular flexibility index (Phi) is 5.67. The zero-order valence-electron chi connectivity index (χ0n) is 14.4. The Labute approximate surface area is 147 Å². The van der Waals surface area contributed by atoms with Gasteiger partial charge < -0.3 is 25.9 Å². The van der Waals surface area contributed by atoms with Gasteiger partial charge in [0.15, 0.2) is 0 Å². The number of aliphatic hydroxyl groups excluding tert-OH is 1. The fraction of sp³-hybridized carbons (Fsp3) is 0.556. The zero-order valence-corrected chi connectivity index (χ0v) is 14.4. The molecule has 1 saturated heterocycles. The molecule has 0 aliphatic carbocycles. The van der Waals surface area contributed by atoms with E-state index in [1.165, 1.54) is 0 Å². The summed E-state index contributed by atoms with van der Waals surface area (Å²) in [5, 5.41) is 10.4. The Morgan fingerprint density at radius 3 is 3.04 bits per heavy atom. The van der Waals surface area contributed by atoms with Crippen molar-refractivity contribution in [2.24, 2.45) is 17.4 Å². The third kappa shape index (κ3) is 4.18. The molecule has 0 radical (unpaired) electrons. The molecule has 1 aliphatic heterocycles. The number of unbranched alkanes of at least 4 members (excludes halogenated alkanes) is 1. The molecule has 7 heteroatoms. The number of fused-ring (bicyclic) bond motifs is 1. The highest BCUT2D eigenvalue weighted by atomic mass is 16.3. The van der Waals surface area contributed by atoms with Gasteiger partial charge in [0.1, 0.15) is 0 Å². The van der Waals surface area contributed by atoms with Crippen LogP contribution in [0.15, 0.2) is 30.7 Å². The Morgan fingerprint density at radius 1 is 1.40 bits per heavy atom. The van der Waals surface area contributed by atoms with Crippen molar-refractivity contribution in [2.45, 2.75) is 37.8 Å². The molecule has 2 aromatic heterocycles. The van der Waals surface area contributed by atoms with Crippen molar-refractivity contribution in [1.29, 1.82) is 0 Å². The van der Waals surface area contributed by atoms with Gasteiger partial charge >= 0.3 is 0 Å². The molecule has 1 aliphatic rings. The van der Waals surface area contributed by atoms with Crippen LogP contribution in [0.1, 0.15) is 25.0 Å². The van der Waals surface area contributed by atoms with Crippen LogP contribution in [0.2, 0.25) is 0 Å². The first kappa shape index (κ1) is 17.8. The first-order valence-corrected chi connectivity index (χ1v) is 8.92. The molecule has 0 bridgehead atoms. The summed E-state index contributed by atoms with van der Waals surface area (Å²) in [7, 11) is 0. The number of hydrogen-bond acceptors (Lipinski definition) is 5. The van der Waals surface area contributed by atoms with Crippen LogP contribution >= 0.6 is 0 Å². The minimum Gasteiger partial charge on any atom is -0.391 e. The Bertz CT molecular complexity index is 716. The maximum Gasteiger partial charge on any atom is 0.239 e. The number of aromatic nitrogens is 2. The molecule has 136 valence electrons. The van der Waals surface area contributed by atoms with Crippen molar-refractivity contribution in [2.75, 3.05) is 19.6 Å². The van der Waals surface area contributed by atoms with Gasteiger partial charge in [-0.1, -0.05) is 6.42 Å². The van der Waals surface area contributed by atoms with E-state index >= 15 is 0 Å². The molecule has 0 saturated carbocycles. The number of carbonyl (C=O) groups excluding carboxylic acids is 1. The normalized spacial score (nSPS) is 21.8. The maximum atomic E-state index is 12.5. The minimum absolute atomic E-state index is 0.0132. The van der Waals surface area contributed by atoms with E-state index in [0.717, 1.165) is 24.1 Å². The van der Waals surface area contributed by atoms with Gasteiger partial charge in [-0.05, 0) is 37.9 Å². The highest BCUT2D eigenvalue weighted by Gasteiger charge is 2.35. The molecule has 1 amide bonds. The van der Waals surface area contributed by atoms with E-state index in [-0.39, 0.29) is 11.8 Å². The van der Waals surface area contributed by atoms with Crippen molar-refractivity contribution in [3.63, 3.8) is 0 Å². The average molecular weight is 345 g/mol. The van der Waals surface area contributed by atoms with Crippen LogP contribution in [0.3, 0.4) is 0 Å². The number of aliphatic hydroxyl groups is 1. The fourth-order valence-corrected chi connectivity index (χ4v) is 3.45. The van der Waals surface area contributed by atoms with Crippen LogP contribution in [0.25, 0.3) is 5.52 Å². The van der Waals surface area contributed by atoms with E-state index in [4.69, 9.17) is 11.5 Å². The predicted octanol–water partition coefficient (Wildman–Crippen LogP) is 0.152. The van der Waals surface area contributed by atoms with Crippen LogP contribution in [0, 0.1) is 5.92 Å². The van der Waals surface area contributed by atoms with E-state index in [2.05, 4.69) is 4.98 Å². The lowest BCUT2D eigenvalue weighted by atomic mass is 10.0. The number of amides is 1. The Balaban J connectivity index is 1.58. The summed E-state index contributed by atoms with van der Waals surface area (Å²) in [6.07, 6.45) is 8.24. The predicted molar refractivity (Wildman–Crippen MR) is 95.9 cm³/mol. The summed E-state index contributed by atoms with van der Waals surface area (Å²) in [4.78, 5) is 18.6. The lowest BCUT2D eigenvalue weighted by molar-refractivity contribution is -0.132. The van der Waals surface area contributed by atoms with Gasteiger partial charge in [-0.15, -0.1) is 0 Å². The summed E-state index contributed by atoms with van der Waals surface area (Å²) < 4.78 is 2.01. The van der Waals surface area contributed by atoms with E-state index in [9.17, 15) is 9.90 Å². The second-order valence-corrected chi connectivity index (χ2v) is 6.88. The maximum absolute atomic E-state index is 12.5. The number of carbonyl (C=O) groups is 1. The van der Waals surface area contributed by atoms with Gasteiger partial charge in [0.25, 0.3) is 0 Å². The highest BCUT2D eigenvalue weighted by Crippen LogP contribution is 2.22. The molecule has 3 heterocycles. The summed E-state index contributed by atoms with van der Waals surface area (Å²) >= 11 is 0. The van der Waals surface area contributed by atoms with Gasteiger partial charge in [-0.25, -0.2) is 0 Å². The fourth-order valence-electron chi connectivity index (χ4n) is 3.45. The summed E-state index contributed by atoms with van der Waals surface area (Å²) in [6, 6.07) is 3.46. The highest BCUT2D eigenvalue weighted by molar-refractivity contribution is 5.82. The number of nitrogens with zero attached hydrogens (tertiary/aromatic N) is 3. The van der Waals surface area contributed by atoms with Gasteiger partial charge in [0.2, 0.25) is 5.91 Å². The summed E-state index contributed by atoms with van der Waals surface area (Å²) in [6.45, 7) is 1.49. The number of hydrogen-bond donors (Lipinski definition) is 3. The first-order chi connectivity index (χ1) is 12.1. The van der Waals surface area contributed by atoms with Crippen LogP contribution in [0.4, 0.5) is 0 Å². The molecule has 3 rings (SSSR count). The summed E-state index contributed by atoms with van der Waals surface area (Å²) in [5.74, 6) is -0.0897. The smallest absolute Gasteiger partial charge is 0.239 e. The third-order valence-corrected chi connectivity index (χ3v) is 4.94.